The van der Waals surface area contributed by atoms with Crippen molar-refractivity contribution < 1.29 is 18.3 Å². The predicted molar refractivity (Wildman–Crippen MR) is 101 cm³/mol. The van der Waals surface area contributed by atoms with Gasteiger partial charge in [0.15, 0.2) is 17.5 Å². The summed E-state index contributed by atoms with van der Waals surface area (Å²) in [6, 6.07) is 0. The van der Waals surface area contributed by atoms with Gasteiger partial charge in [-0.05, 0) is 13.3 Å². The number of amidine groups is 1. The average Bonchev–Trinajstić information content (AvgIpc) is 3.31. The number of carbonyl (C=O) groups excluding carboxylic acids is 1. The number of ether oxygens (including phenoxy) is 1. The van der Waals surface area contributed by atoms with Crippen molar-refractivity contribution in [2.45, 2.75) is 31.7 Å². The number of carbonyl (C=O) groups is 1. The van der Waals surface area contributed by atoms with Crippen LogP contribution in [0.3, 0.4) is 0 Å². The smallest absolute Gasteiger partial charge is 0.278 e. The number of oxazole rings is 1. The van der Waals surface area contributed by atoms with E-state index in [1.54, 1.807) is 17.1 Å². The lowest BCUT2D eigenvalue weighted by molar-refractivity contribution is -0.0466. The number of thioether (sulfide) groups is 1. The quantitative estimate of drug-likeness (QED) is 0.794. The number of rotatable bonds is 4. The summed E-state index contributed by atoms with van der Waals surface area (Å²) in [7, 11) is 0. The van der Waals surface area contributed by atoms with Crippen molar-refractivity contribution in [3.63, 3.8) is 0 Å². The fourth-order valence-electron chi connectivity index (χ4n) is 3.27. The van der Waals surface area contributed by atoms with E-state index in [0.717, 1.165) is 23.4 Å². The molecule has 2 aliphatic rings. The van der Waals surface area contributed by atoms with E-state index in [2.05, 4.69) is 15.3 Å². The van der Waals surface area contributed by atoms with Crippen molar-refractivity contribution in [1.29, 1.82) is 0 Å². The van der Waals surface area contributed by atoms with Crippen LogP contribution in [-0.4, -0.2) is 39.5 Å². The Bertz CT molecular complexity index is 885. The van der Waals surface area contributed by atoms with Gasteiger partial charge in [0.05, 0.1) is 12.7 Å². The largest absolute Gasteiger partial charge is 0.445 e. The van der Waals surface area contributed by atoms with Crippen LogP contribution in [0.1, 0.15) is 34.7 Å². The number of anilines is 1. The first kappa shape index (κ1) is 18.4. The van der Waals surface area contributed by atoms with E-state index in [1.165, 1.54) is 11.3 Å². The molecule has 0 saturated carbocycles. The SMILES string of the molecule is C[C@H]1C[C@H]2CSC(N)=N[C@@]2(c2nc(NC(=O)c3coc(CF)n3)cs2)CO1. The van der Waals surface area contributed by atoms with Crippen LogP contribution in [0.15, 0.2) is 21.1 Å². The van der Waals surface area contributed by atoms with E-state index < -0.39 is 18.1 Å². The summed E-state index contributed by atoms with van der Waals surface area (Å²) in [6.07, 6.45) is 2.15. The minimum Gasteiger partial charge on any atom is -0.445 e. The minimum atomic E-state index is -0.867. The molecule has 8 nitrogen and oxygen atoms in total. The molecule has 144 valence electrons. The normalized spacial score (nSPS) is 27.7. The van der Waals surface area contributed by atoms with Gasteiger partial charge in [0.1, 0.15) is 22.6 Å². The molecule has 0 bridgehead atoms. The Morgan fingerprint density at radius 2 is 2.37 bits per heavy atom. The predicted octanol–water partition coefficient (Wildman–Crippen LogP) is 2.53. The summed E-state index contributed by atoms with van der Waals surface area (Å²) in [5.41, 5.74) is 5.37. The summed E-state index contributed by atoms with van der Waals surface area (Å²) in [5, 5.41) is 5.67. The van der Waals surface area contributed by atoms with Crippen LogP contribution in [0.25, 0.3) is 0 Å². The lowest BCUT2D eigenvalue weighted by Crippen LogP contribution is -2.49. The van der Waals surface area contributed by atoms with Crippen LogP contribution in [0.4, 0.5) is 10.2 Å². The molecule has 2 aromatic rings. The molecular formula is C16H18FN5O3S2. The van der Waals surface area contributed by atoms with Gasteiger partial charge in [-0.3, -0.25) is 4.79 Å². The molecule has 3 atom stereocenters. The maximum absolute atomic E-state index is 12.5. The third-order valence-electron chi connectivity index (χ3n) is 4.64. The van der Waals surface area contributed by atoms with E-state index in [0.29, 0.717) is 17.6 Å². The third kappa shape index (κ3) is 3.46. The number of halogens is 1. The highest BCUT2D eigenvalue weighted by molar-refractivity contribution is 8.13. The molecule has 0 aromatic carbocycles. The summed E-state index contributed by atoms with van der Waals surface area (Å²) >= 11 is 2.95. The van der Waals surface area contributed by atoms with Crippen molar-refractivity contribution in [3.05, 3.63) is 28.2 Å². The maximum atomic E-state index is 12.5. The van der Waals surface area contributed by atoms with Gasteiger partial charge in [0.2, 0.25) is 5.89 Å². The number of hydrogen-bond donors (Lipinski definition) is 2. The fourth-order valence-corrected chi connectivity index (χ4v) is 5.24. The molecule has 11 heteroatoms. The Kier molecular flexibility index (Phi) is 4.91. The number of nitrogens with two attached hydrogens (primary N) is 1. The van der Waals surface area contributed by atoms with E-state index >= 15 is 0 Å². The fraction of sp³-hybridized carbons (Fsp3) is 0.500. The summed E-state index contributed by atoms with van der Waals surface area (Å²) < 4.78 is 23.2. The molecule has 0 spiro atoms. The Balaban J connectivity index is 1.57. The van der Waals surface area contributed by atoms with Gasteiger partial charge < -0.3 is 20.2 Å². The number of amides is 1. The first-order valence-corrected chi connectivity index (χ1v) is 10.2. The van der Waals surface area contributed by atoms with Gasteiger partial charge in [-0.2, -0.15) is 0 Å². The average molecular weight is 411 g/mol. The minimum absolute atomic E-state index is 0.000559. The second-order valence-corrected chi connectivity index (χ2v) is 8.39. The van der Waals surface area contributed by atoms with Crippen molar-refractivity contribution in [1.82, 2.24) is 9.97 Å². The molecule has 2 aliphatic heterocycles. The zero-order chi connectivity index (χ0) is 19.0. The Morgan fingerprint density at radius 3 is 3.15 bits per heavy atom. The molecule has 4 rings (SSSR count). The zero-order valence-electron chi connectivity index (χ0n) is 14.5. The van der Waals surface area contributed by atoms with Crippen LogP contribution in [0.2, 0.25) is 0 Å². The second-order valence-electron chi connectivity index (χ2n) is 6.49. The van der Waals surface area contributed by atoms with Crippen LogP contribution < -0.4 is 11.1 Å². The van der Waals surface area contributed by atoms with E-state index in [4.69, 9.17) is 19.9 Å². The first-order valence-electron chi connectivity index (χ1n) is 8.37. The number of nitrogens with one attached hydrogen (secondary N) is 1. The van der Waals surface area contributed by atoms with Gasteiger partial charge in [-0.1, -0.05) is 11.8 Å². The molecule has 0 aliphatic carbocycles. The highest BCUT2D eigenvalue weighted by Gasteiger charge is 2.49. The Morgan fingerprint density at radius 1 is 1.52 bits per heavy atom. The first-order chi connectivity index (χ1) is 13.0. The topological polar surface area (TPSA) is 116 Å². The molecule has 1 saturated heterocycles. The van der Waals surface area contributed by atoms with E-state index in [1.807, 2.05) is 6.92 Å². The van der Waals surface area contributed by atoms with E-state index in [-0.39, 0.29) is 23.6 Å². The maximum Gasteiger partial charge on any atom is 0.278 e. The lowest BCUT2D eigenvalue weighted by atomic mass is 9.80. The number of thiazole rings is 1. The molecule has 27 heavy (non-hydrogen) atoms. The van der Waals surface area contributed by atoms with E-state index in [9.17, 15) is 9.18 Å². The van der Waals surface area contributed by atoms with Crippen LogP contribution in [0.5, 0.6) is 0 Å². The highest BCUT2D eigenvalue weighted by Crippen LogP contribution is 2.46. The van der Waals surface area contributed by atoms with Crippen molar-refractivity contribution in [3.8, 4) is 0 Å². The number of aromatic nitrogens is 2. The Hall–Kier alpha value is -1.98. The summed E-state index contributed by atoms with van der Waals surface area (Å²) in [4.78, 5) is 25.3. The van der Waals surface area contributed by atoms with Gasteiger partial charge in [0, 0.05) is 17.1 Å². The van der Waals surface area contributed by atoms with Crippen molar-refractivity contribution in [2.24, 2.45) is 16.6 Å². The summed E-state index contributed by atoms with van der Waals surface area (Å²) in [6.45, 7) is 1.59. The molecule has 3 N–H and O–H groups in total. The van der Waals surface area contributed by atoms with Crippen LogP contribution in [-0.2, 0) is 17.0 Å². The molecule has 1 amide bonds. The lowest BCUT2D eigenvalue weighted by Gasteiger charge is -2.44. The number of alkyl halides is 1. The van der Waals surface area contributed by atoms with Crippen molar-refractivity contribution >= 4 is 40.0 Å². The molecule has 2 aromatic heterocycles. The Labute approximate surface area is 162 Å². The number of aliphatic imine (C=N–C) groups is 1. The van der Waals surface area contributed by atoms with Crippen LogP contribution >= 0.6 is 23.1 Å². The van der Waals surface area contributed by atoms with Crippen molar-refractivity contribution in [2.75, 3.05) is 17.7 Å². The van der Waals surface area contributed by atoms with Crippen LogP contribution in [0, 0.1) is 5.92 Å². The van der Waals surface area contributed by atoms with Gasteiger partial charge in [-0.15, -0.1) is 11.3 Å². The molecule has 0 radical (unpaired) electrons. The van der Waals surface area contributed by atoms with Gasteiger partial charge >= 0.3 is 0 Å². The van der Waals surface area contributed by atoms with Gasteiger partial charge in [0.25, 0.3) is 5.91 Å². The third-order valence-corrected chi connectivity index (χ3v) is 6.60. The summed E-state index contributed by atoms with van der Waals surface area (Å²) in [5.74, 6) is 0.841. The molecular weight excluding hydrogens is 393 g/mol. The molecule has 1 fully saturated rings. The number of fused-ring (bicyclic) bond motifs is 1. The number of nitrogens with zero attached hydrogens (tertiary/aromatic N) is 3. The monoisotopic (exact) mass is 411 g/mol. The number of hydrogen-bond acceptors (Lipinski definition) is 9. The van der Waals surface area contributed by atoms with Gasteiger partial charge in [-0.25, -0.2) is 19.4 Å². The zero-order valence-corrected chi connectivity index (χ0v) is 16.1. The standard InChI is InChI=1S/C16H18FN5O3S2/c1-8-2-9-5-27-15(18)22-16(9,7-25-8)14-21-11(6-26-14)20-13(23)10-4-24-12(3-17)19-10/h4,6,8-9H,2-3,5,7H2,1H3,(H2,18,22)(H,20,23)/t8-,9-,16-/m0/s1. The molecule has 4 heterocycles. The highest BCUT2D eigenvalue weighted by atomic mass is 32.2. The molecule has 0 unspecified atom stereocenters. The second kappa shape index (κ2) is 7.21.